The summed E-state index contributed by atoms with van der Waals surface area (Å²) in [5.74, 6) is -0.904. The third-order valence-electron chi connectivity index (χ3n) is 5.14. The Morgan fingerprint density at radius 2 is 0.923 bits per heavy atom. The standard InChI is InChI=1S/C24H46O2/c1-2-3-4-5-6-7-8-9-10-11-12-13-14-15-16-17-18-19-20-21-22-23-24(25)26/h9-10H,2-8,11-23H2,1H3,(H,25,26)/p-1/b10-9-. The van der Waals surface area contributed by atoms with Crippen molar-refractivity contribution >= 4 is 5.97 Å². The molecule has 0 atom stereocenters. The van der Waals surface area contributed by atoms with Gasteiger partial charge in [-0.05, 0) is 38.5 Å². The third-order valence-corrected chi connectivity index (χ3v) is 5.14. The van der Waals surface area contributed by atoms with Crippen molar-refractivity contribution in [2.24, 2.45) is 0 Å². The lowest BCUT2D eigenvalue weighted by Crippen LogP contribution is -2.21. The Kier molecular flexibility index (Phi) is 21.6. The molecule has 26 heavy (non-hydrogen) atoms. The number of carboxylic acid groups (broad SMARTS) is 1. The molecule has 2 heteroatoms. The van der Waals surface area contributed by atoms with Gasteiger partial charge in [-0.25, -0.2) is 0 Å². The van der Waals surface area contributed by atoms with E-state index in [9.17, 15) is 9.90 Å². The molecule has 154 valence electrons. The van der Waals surface area contributed by atoms with Gasteiger partial charge >= 0.3 is 0 Å². The first-order valence-electron chi connectivity index (χ1n) is 11.6. The van der Waals surface area contributed by atoms with Crippen LogP contribution in [-0.4, -0.2) is 5.97 Å². The second-order valence-electron chi connectivity index (χ2n) is 7.83. The van der Waals surface area contributed by atoms with Gasteiger partial charge in [0.05, 0.1) is 0 Å². The molecule has 0 fully saturated rings. The van der Waals surface area contributed by atoms with Crippen LogP contribution in [0.1, 0.15) is 135 Å². The van der Waals surface area contributed by atoms with Crippen LogP contribution in [0.4, 0.5) is 0 Å². The topological polar surface area (TPSA) is 40.1 Å². The van der Waals surface area contributed by atoms with Crippen LogP contribution < -0.4 is 5.11 Å². The molecular formula is C24H45O2-. The second kappa shape index (κ2) is 22.3. The van der Waals surface area contributed by atoms with Crippen molar-refractivity contribution in [1.82, 2.24) is 0 Å². The van der Waals surface area contributed by atoms with Gasteiger partial charge in [0.15, 0.2) is 0 Å². The summed E-state index contributed by atoms with van der Waals surface area (Å²) in [6, 6.07) is 0. The summed E-state index contributed by atoms with van der Waals surface area (Å²) in [5, 5.41) is 10.3. The Morgan fingerprint density at radius 1 is 0.577 bits per heavy atom. The minimum Gasteiger partial charge on any atom is -0.550 e. The molecule has 0 N–H and O–H groups in total. The Hall–Kier alpha value is -0.790. The molecule has 0 saturated heterocycles. The van der Waals surface area contributed by atoms with Crippen molar-refractivity contribution in [3.8, 4) is 0 Å². The van der Waals surface area contributed by atoms with Crippen LogP contribution in [0.3, 0.4) is 0 Å². The lowest BCUT2D eigenvalue weighted by atomic mass is 10.0. The Labute approximate surface area is 163 Å². The summed E-state index contributed by atoms with van der Waals surface area (Å²) in [4.78, 5) is 10.3. The summed E-state index contributed by atoms with van der Waals surface area (Å²) in [6.45, 7) is 2.27. The first-order valence-corrected chi connectivity index (χ1v) is 11.6. The zero-order valence-corrected chi connectivity index (χ0v) is 17.6. The van der Waals surface area contributed by atoms with Crippen molar-refractivity contribution < 1.29 is 9.90 Å². The molecule has 0 aliphatic rings. The number of carbonyl (C=O) groups excluding carboxylic acids is 1. The SMILES string of the molecule is CCCCCCCC/C=C\CCCCCCCCCCCCCC(=O)[O-]. The van der Waals surface area contributed by atoms with Gasteiger partial charge in [-0.1, -0.05) is 109 Å². The van der Waals surface area contributed by atoms with Crippen molar-refractivity contribution in [2.45, 2.75) is 135 Å². The summed E-state index contributed by atoms with van der Waals surface area (Å²) < 4.78 is 0. The molecule has 0 saturated carbocycles. The van der Waals surface area contributed by atoms with E-state index in [1.165, 1.54) is 109 Å². The molecule has 0 aromatic heterocycles. The van der Waals surface area contributed by atoms with Crippen LogP contribution in [0.5, 0.6) is 0 Å². The number of aliphatic carboxylic acids is 1. The minimum absolute atomic E-state index is 0.230. The van der Waals surface area contributed by atoms with E-state index in [-0.39, 0.29) is 6.42 Å². The maximum atomic E-state index is 10.3. The zero-order chi connectivity index (χ0) is 19.1. The van der Waals surface area contributed by atoms with Crippen molar-refractivity contribution in [1.29, 1.82) is 0 Å². The fourth-order valence-electron chi connectivity index (χ4n) is 3.40. The maximum absolute atomic E-state index is 10.3. The normalized spacial score (nSPS) is 11.4. The highest BCUT2D eigenvalue weighted by Crippen LogP contribution is 2.13. The first kappa shape index (κ1) is 25.2. The molecule has 0 heterocycles. The molecule has 0 radical (unpaired) electrons. The maximum Gasteiger partial charge on any atom is 0.0414 e. The summed E-state index contributed by atoms with van der Waals surface area (Å²) in [5.41, 5.74) is 0. The fourth-order valence-corrected chi connectivity index (χ4v) is 3.40. The molecule has 0 rings (SSSR count). The Morgan fingerprint density at radius 3 is 1.31 bits per heavy atom. The van der Waals surface area contributed by atoms with E-state index in [4.69, 9.17) is 0 Å². The smallest absolute Gasteiger partial charge is 0.0414 e. The van der Waals surface area contributed by atoms with Gasteiger partial charge in [0.1, 0.15) is 0 Å². The number of rotatable bonds is 21. The summed E-state index contributed by atoms with van der Waals surface area (Å²) >= 11 is 0. The van der Waals surface area contributed by atoms with Crippen LogP contribution in [0.2, 0.25) is 0 Å². The molecule has 0 bridgehead atoms. The monoisotopic (exact) mass is 365 g/mol. The Bertz CT molecular complexity index is 309. The highest BCUT2D eigenvalue weighted by molar-refractivity contribution is 5.63. The van der Waals surface area contributed by atoms with Crippen molar-refractivity contribution in [2.75, 3.05) is 0 Å². The summed E-state index contributed by atoms with van der Waals surface area (Å²) in [7, 11) is 0. The number of hydrogen-bond acceptors (Lipinski definition) is 2. The average molecular weight is 366 g/mol. The molecule has 0 aromatic carbocycles. The van der Waals surface area contributed by atoms with E-state index in [0.717, 1.165) is 12.8 Å². The second-order valence-corrected chi connectivity index (χ2v) is 7.83. The number of carboxylic acids is 1. The van der Waals surface area contributed by atoms with Gasteiger partial charge in [-0.3, -0.25) is 0 Å². The predicted octanol–water partition coefficient (Wildman–Crippen LogP) is 7.11. The molecule has 0 spiro atoms. The van der Waals surface area contributed by atoms with Gasteiger partial charge in [0.2, 0.25) is 0 Å². The van der Waals surface area contributed by atoms with Crippen molar-refractivity contribution in [3.05, 3.63) is 12.2 Å². The highest BCUT2D eigenvalue weighted by Gasteiger charge is 1.94. The van der Waals surface area contributed by atoms with Crippen LogP contribution in [0.25, 0.3) is 0 Å². The quantitative estimate of drug-likeness (QED) is 0.160. The van der Waals surface area contributed by atoms with Crippen LogP contribution >= 0.6 is 0 Å². The van der Waals surface area contributed by atoms with Crippen LogP contribution in [0, 0.1) is 0 Å². The molecule has 0 aliphatic carbocycles. The largest absolute Gasteiger partial charge is 0.550 e. The Balaban J connectivity index is 3.06. The lowest BCUT2D eigenvalue weighted by Gasteiger charge is -2.03. The minimum atomic E-state index is -0.904. The summed E-state index contributed by atoms with van der Waals surface area (Å²) in [6.07, 6.45) is 29.7. The third kappa shape index (κ3) is 23.2. The molecule has 0 unspecified atom stereocenters. The van der Waals surface area contributed by atoms with E-state index >= 15 is 0 Å². The van der Waals surface area contributed by atoms with Crippen molar-refractivity contribution in [3.63, 3.8) is 0 Å². The first-order chi connectivity index (χ1) is 12.8. The predicted molar refractivity (Wildman–Crippen MR) is 112 cm³/mol. The van der Waals surface area contributed by atoms with E-state index in [1.54, 1.807) is 0 Å². The highest BCUT2D eigenvalue weighted by atomic mass is 16.4. The molecule has 0 aromatic rings. The molecule has 0 aliphatic heterocycles. The van der Waals surface area contributed by atoms with Crippen LogP contribution in [-0.2, 0) is 4.79 Å². The van der Waals surface area contributed by atoms with Gasteiger partial charge in [-0.15, -0.1) is 0 Å². The number of carbonyl (C=O) groups is 1. The van der Waals surface area contributed by atoms with Gasteiger partial charge in [0, 0.05) is 5.97 Å². The number of unbranched alkanes of at least 4 members (excludes halogenated alkanes) is 17. The molecular weight excluding hydrogens is 320 g/mol. The van der Waals surface area contributed by atoms with E-state index in [0.29, 0.717) is 0 Å². The van der Waals surface area contributed by atoms with E-state index in [1.807, 2.05) is 0 Å². The van der Waals surface area contributed by atoms with Gasteiger partial charge in [0.25, 0.3) is 0 Å². The lowest BCUT2D eigenvalue weighted by molar-refractivity contribution is -0.305. The number of hydrogen-bond donors (Lipinski definition) is 0. The number of allylic oxidation sites excluding steroid dienone is 2. The van der Waals surface area contributed by atoms with Crippen LogP contribution in [0.15, 0.2) is 12.2 Å². The van der Waals surface area contributed by atoms with E-state index < -0.39 is 5.97 Å². The zero-order valence-electron chi connectivity index (χ0n) is 17.6. The molecule has 2 nitrogen and oxygen atoms in total. The van der Waals surface area contributed by atoms with Gasteiger partial charge < -0.3 is 9.90 Å². The fraction of sp³-hybridized carbons (Fsp3) is 0.875. The van der Waals surface area contributed by atoms with E-state index in [2.05, 4.69) is 19.1 Å². The average Bonchev–Trinajstić information content (AvgIpc) is 2.62. The van der Waals surface area contributed by atoms with Gasteiger partial charge in [-0.2, -0.15) is 0 Å². The molecule has 0 amide bonds.